The van der Waals surface area contributed by atoms with Crippen LogP contribution in [-0.2, 0) is 16.6 Å². The van der Waals surface area contributed by atoms with E-state index in [4.69, 9.17) is 4.74 Å². The highest BCUT2D eigenvalue weighted by atomic mass is 32.2. The summed E-state index contributed by atoms with van der Waals surface area (Å²) in [6, 6.07) is 14.0. The molecular formula is C21H16F2N2O4S. The van der Waals surface area contributed by atoms with Crippen molar-refractivity contribution in [1.82, 2.24) is 0 Å². The molecule has 0 fully saturated rings. The van der Waals surface area contributed by atoms with Gasteiger partial charge >= 0.3 is 6.03 Å². The predicted molar refractivity (Wildman–Crippen MR) is 107 cm³/mol. The van der Waals surface area contributed by atoms with Gasteiger partial charge in [0.05, 0.1) is 19.3 Å². The summed E-state index contributed by atoms with van der Waals surface area (Å²) >= 11 is 0. The number of urea groups is 1. The van der Waals surface area contributed by atoms with E-state index < -0.39 is 27.7 Å². The van der Waals surface area contributed by atoms with Gasteiger partial charge in [-0.05, 0) is 42.5 Å². The maximum absolute atomic E-state index is 14.3. The molecular weight excluding hydrogens is 414 g/mol. The molecule has 3 aromatic carbocycles. The highest BCUT2D eigenvalue weighted by molar-refractivity contribution is 7.94. The molecule has 0 aliphatic carbocycles. The van der Waals surface area contributed by atoms with E-state index in [2.05, 4.69) is 0 Å². The van der Waals surface area contributed by atoms with Crippen LogP contribution in [0.5, 0.6) is 5.75 Å². The summed E-state index contributed by atoms with van der Waals surface area (Å²) in [5.41, 5.74) is 0.0129. The minimum atomic E-state index is -4.27. The Hall–Kier alpha value is -3.46. The smallest absolute Gasteiger partial charge is 0.343 e. The lowest BCUT2D eigenvalue weighted by molar-refractivity contribution is 0.253. The average molecular weight is 430 g/mol. The molecule has 9 heteroatoms. The normalized spacial score (nSPS) is 15.1. The van der Waals surface area contributed by atoms with Gasteiger partial charge in [-0.2, -0.15) is 4.31 Å². The second-order valence-corrected chi connectivity index (χ2v) is 8.27. The van der Waals surface area contributed by atoms with E-state index in [0.29, 0.717) is 4.31 Å². The number of hydrogen-bond donors (Lipinski definition) is 0. The van der Waals surface area contributed by atoms with Crippen molar-refractivity contribution in [3.05, 3.63) is 83.9 Å². The summed E-state index contributed by atoms with van der Waals surface area (Å²) in [6.45, 7) is -0.361. The van der Waals surface area contributed by atoms with Crippen LogP contribution in [0.15, 0.2) is 71.6 Å². The minimum Gasteiger partial charge on any atom is -0.495 e. The zero-order chi connectivity index (χ0) is 21.5. The molecule has 1 heterocycles. The second-order valence-electron chi connectivity index (χ2n) is 6.51. The summed E-state index contributed by atoms with van der Waals surface area (Å²) in [7, 11) is -2.91. The van der Waals surface area contributed by atoms with Crippen molar-refractivity contribution >= 4 is 27.4 Å². The molecule has 1 aliphatic rings. The number of carbonyl (C=O) groups is 1. The summed E-state index contributed by atoms with van der Waals surface area (Å²) in [5.74, 6) is -1.21. The first-order chi connectivity index (χ1) is 14.3. The predicted octanol–water partition coefficient (Wildman–Crippen LogP) is 4.31. The van der Waals surface area contributed by atoms with Gasteiger partial charge in [-0.25, -0.2) is 22.0 Å². The zero-order valence-electron chi connectivity index (χ0n) is 15.7. The van der Waals surface area contributed by atoms with E-state index in [9.17, 15) is 22.0 Å². The lowest BCUT2D eigenvalue weighted by atomic mass is 10.1. The van der Waals surface area contributed by atoms with Gasteiger partial charge in [0.15, 0.2) is 0 Å². The Morgan fingerprint density at radius 1 is 0.933 bits per heavy atom. The third kappa shape index (κ3) is 3.17. The monoisotopic (exact) mass is 430 g/mol. The Labute approximate surface area is 172 Å². The highest BCUT2D eigenvalue weighted by Crippen LogP contribution is 2.41. The molecule has 30 heavy (non-hydrogen) atoms. The lowest BCUT2D eigenvalue weighted by Gasteiger charge is -2.36. The number of ether oxygens (including phenoxy) is 1. The molecule has 0 aromatic heterocycles. The number of rotatable bonds is 4. The first-order valence-electron chi connectivity index (χ1n) is 8.87. The van der Waals surface area contributed by atoms with Crippen molar-refractivity contribution in [3.63, 3.8) is 0 Å². The number of halogens is 2. The van der Waals surface area contributed by atoms with Crippen LogP contribution in [-0.4, -0.2) is 21.6 Å². The summed E-state index contributed by atoms with van der Waals surface area (Å²) in [5, 5.41) is 0. The van der Waals surface area contributed by atoms with Crippen LogP contribution in [0.4, 0.5) is 25.0 Å². The minimum absolute atomic E-state index is 0.0178. The third-order valence-corrected chi connectivity index (χ3v) is 6.45. The molecule has 4 rings (SSSR count). The topological polar surface area (TPSA) is 66.9 Å². The maximum Gasteiger partial charge on any atom is 0.343 e. The van der Waals surface area contributed by atoms with E-state index in [1.54, 1.807) is 18.2 Å². The van der Waals surface area contributed by atoms with Crippen LogP contribution in [0.3, 0.4) is 0 Å². The van der Waals surface area contributed by atoms with Crippen molar-refractivity contribution in [2.75, 3.05) is 16.3 Å². The van der Waals surface area contributed by atoms with Gasteiger partial charge in [0.25, 0.3) is 10.0 Å². The number of fused-ring (bicyclic) bond motifs is 1. The van der Waals surface area contributed by atoms with Gasteiger partial charge in [-0.3, -0.25) is 4.90 Å². The van der Waals surface area contributed by atoms with Crippen molar-refractivity contribution in [2.45, 2.75) is 11.4 Å². The summed E-state index contributed by atoms with van der Waals surface area (Å²) < 4.78 is 60.4. The second kappa shape index (κ2) is 7.42. The fraction of sp³-hybridized carbons (Fsp3) is 0.0952. The molecule has 6 nitrogen and oxygen atoms in total. The largest absolute Gasteiger partial charge is 0.495 e. The molecule has 154 valence electrons. The van der Waals surface area contributed by atoms with Gasteiger partial charge < -0.3 is 4.74 Å². The molecule has 1 aliphatic heterocycles. The van der Waals surface area contributed by atoms with Crippen molar-refractivity contribution < 1.29 is 26.7 Å². The summed E-state index contributed by atoms with van der Waals surface area (Å²) in [6.07, 6.45) is 0. The van der Waals surface area contributed by atoms with Gasteiger partial charge in [0.2, 0.25) is 0 Å². The van der Waals surface area contributed by atoms with E-state index in [1.165, 1.54) is 37.4 Å². The number of amides is 2. The number of sulfonamides is 1. The third-order valence-electron chi connectivity index (χ3n) is 4.72. The molecule has 2 amide bonds. The Kier molecular flexibility index (Phi) is 4.90. The van der Waals surface area contributed by atoms with Crippen LogP contribution < -0.4 is 13.9 Å². The number of methoxy groups -OCH3 is 1. The zero-order valence-corrected chi connectivity index (χ0v) is 16.6. The first-order valence-corrected chi connectivity index (χ1v) is 10.3. The molecule has 0 N–H and O–H groups in total. The fourth-order valence-electron chi connectivity index (χ4n) is 3.33. The molecule has 0 saturated carbocycles. The number of benzene rings is 3. The molecule has 0 spiro atoms. The van der Waals surface area contributed by atoms with E-state index in [-0.39, 0.29) is 34.1 Å². The Morgan fingerprint density at radius 3 is 2.33 bits per heavy atom. The molecule has 3 aromatic rings. The van der Waals surface area contributed by atoms with Gasteiger partial charge in [0, 0.05) is 5.56 Å². The highest BCUT2D eigenvalue weighted by Gasteiger charge is 2.43. The van der Waals surface area contributed by atoms with Crippen LogP contribution in [0.25, 0.3) is 0 Å². The van der Waals surface area contributed by atoms with E-state index >= 15 is 0 Å². The molecule has 0 radical (unpaired) electrons. The number of nitrogens with zero attached hydrogens (tertiary/aromatic N) is 2. The van der Waals surface area contributed by atoms with Crippen LogP contribution >= 0.6 is 0 Å². The SMILES string of the molecule is COc1ccccc1N1C(=O)N(Cc2cc(F)ccc2F)c2ccccc2S1(=O)=O. The Bertz CT molecular complexity index is 1250. The van der Waals surface area contributed by atoms with Crippen LogP contribution in [0, 0.1) is 11.6 Å². The van der Waals surface area contributed by atoms with Gasteiger partial charge in [-0.15, -0.1) is 0 Å². The molecule has 0 unspecified atom stereocenters. The van der Waals surface area contributed by atoms with E-state index in [0.717, 1.165) is 23.1 Å². The van der Waals surface area contributed by atoms with Gasteiger partial charge in [0.1, 0.15) is 28.0 Å². The maximum atomic E-state index is 14.3. The van der Waals surface area contributed by atoms with Crippen LogP contribution in [0.1, 0.15) is 5.56 Å². The number of para-hydroxylation sites is 3. The van der Waals surface area contributed by atoms with Crippen molar-refractivity contribution in [2.24, 2.45) is 0 Å². The molecule has 0 saturated heterocycles. The van der Waals surface area contributed by atoms with Crippen LogP contribution in [0.2, 0.25) is 0 Å². The Morgan fingerprint density at radius 2 is 1.60 bits per heavy atom. The van der Waals surface area contributed by atoms with Gasteiger partial charge in [-0.1, -0.05) is 24.3 Å². The summed E-state index contributed by atoms with van der Waals surface area (Å²) in [4.78, 5) is 14.3. The average Bonchev–Trinajstić information content (AvgIpc) is 2.74. The standard InChI is InChI=1S/C21H16F2N2O4S/c1-29-19-8-4-2-6-17(19)25-21(26)24(13-14-12-15(22)10-11-16(14)23)18-7-3-5-9-20(18)30(25,27)28/h2-12H,13H2,1H3. The lowest BCUT2D eigenvalue weighted by Crippen LogP contribution is -2.50. The fourth-order valence-corrected chi connectivity index (χ4v) is 4.93. The Balaban J connectivity index is 1.91. The first kappa shape index (κ1) is 19.8. The molecule has 0 bridgehead atoms. The number of anilines is 2. The number of hydrogen-bond acceptors (Lipinski definition) is 4. The molecule has 0 atom stereocenters. The number of carbonyl (C=O) groups excluding carboxylic acids is 1. The quantitative estimate of drug-likeness (QED) is 0.619. The van der Waals surface area contributed by atoms with Crippen molar-refractivity contribution in [1.29, 1.82) is 0 Å². The van der Waals surface area contributed by atoms with Crippen molar-refractivity contribution in [3.8, 4) is 5.75 Å². The van der Waals surface area contributed by atoms with E-state index in [1.807, 2.05) is 0 Å².